The number of esters is 1. The highest BCUT2D eigenvalue weighted by Crippen LogP contribution is 2.30. The molecule has 2 unspecified atom stereocenters. The number of hydrogen-bond donors (Lipinski definition) is 1. The number of benzene rings is 1. The van der Waals surface area contributed by atoms with Gasteiger partial charge in [0.15, 0.2) is 5.13 Å². The summed E-state index contributed by atoms with van der Waals surface area (Å²) in [6.07, 6.45) is 0.308. The molecule has 2 heterocycles. The molecule has 1 aromatic carbocycles. The van der Waals surface area contributed by atoms with E-state index in [-0.39, 0.29) is 36.7 Å². The van der Waals surface area contributed by atoms with Gasteiger partial charge in [-0.05, 0) is 19.4 Å². The Balaban J connectivity index is 1.63. The standard InChI is InChI=1S/C20H23N3O4S/c1-12-16(10-18(25)27-3)28-20(21-12)22-19(26)15-9-17(24)23(11-15)13(2)14-7-5-4-6-8-14/h4-8,13,15H,9-11H2,1-3H3,(H,21,22,26). The van der Waals surface area contributed by atoms with E-state index in [4.69, 9.17) is 0 Å². The summed E-state index contributed by atoms with van der Waals surface area (Å²) in [6.45, 7) is 4.13. The molecule has 0 bridgehead atoms. The fourth-order valence-electron chi connectivity index (χ4n) is 3.25. The molecule has 1 saturated heterocycles. The average Bonchev–Trinajstić information content (AvgIpc) is 3.24. The van der Waals surface area contributed by atoms with Gasteiger partial charge in [0.2, 0.25) is 11.8 Å². The van der Waals surface area contributed by atoms with E-state index >= 15 is 0 Å². The van der Waals surface area contributed by atoms with Crippen LogP contribution in [0.3, 0.4) is 0 Å². The SMILES string of the molecule is COC(=O)Cc1sc(NC(=O)C2CC(=O)N(C(C)c3ccccc3)C2)nc1C. The van der Waals surface area contributed by atoms with Gasteiger partial charge in [-0.2, -0.15) is 0 Å². The lowest BCUT2D eigenvalue weighted by Crippen LogP contribution is -2.30. The number of thiazole rings is 1. The Morgan fingerprint density at radius 2 is 2.07 bits per heavy atom. The number of carbonyl (C=O) groups is 3. The predicted molar refractivity (Wildman–Crippen MR) is 106 cm³/mol. The molecule has 1 N–H and O–H groups in total. The highest BCUT2D eigenvalue weighted by molar-refractivity contribution is 7.16. The molecule has 28 heavy (non-hydrogen) atoms. The van der Waals surface area contributed by atoms with Gasteiger partial charge in [0.25, 0.3) is 0 Å². The van der Waals surface area contributed by atoms with Crippen molar-refractivity contribution in [1.29, 1.82) is 0 Å². The molecule has 0 spiro atoms. The van der Waals surface area contributed by atoms with E-state index in [1.54, 1.807) is 11.8 Å². The zero-order valence-electron chi connectivity index (χ0n) is 16.1. The number of carbonyl (C=O) groups excluding carboxylic acids is 3. The predicted octanol–water partition coefficient (Wildman–Crippen LogP) is 2.72. The number of methoxy groups -OCH3 is 1. The first kappa shape index (κ1) is 20.0. The molecule has 0 radical (unpaired) electrons. The number of ether oxygens (including phenoxy) is 1. The van der Waals surface area contributed by atoms with Crippen LogP contribution in [0, 0.1) is 12.8 Å². The molecule has 3 rings (SSSR count). The zero-order valence-corrected chi connectivity index (χ0v) is 16.9. The number of likely N-dealkylation sites (tertiary alicyclic amines) is 1. The summed E-state index contributed by atoms with van der Waals surface area (Å²) in [4.78, 5) is 43.4. The molecule has 1 aliphatic heterocycles. The lowest BCUT2D eigenvalue weighted by molar-refractivity contribution is -0.139. The van der Waals surface area contributed by atoms with Crippen molar-refractivity contribution in [3.63, 3.8) is 0 Å². The monoisotopic (exact) mass is 401 g/mol. The van der Waals surface area contributed by atoms with Gasteiger partial charge in [-0.3, -0.25) is 14.4 Å². The first-order valence-electron chi connectivity index (χ1n) is 9.07. The Bertz CT molecular complexity index is 881. The summed E-state index contributed by atoms with van der Waals surface area (Å²) in [6, 6.07) is 9.68. The van der Waals surface area contributed by atoms with Crippen LogP contribution in [0.25, 0.3) is 0 Å². The quantitative estimate of drug-likeness (QED) is 0.752. The number of amides is 2. The summed E-state index contributed by atoms with van der Waals surface area (Å²) in [5, 5.41) is 3.23. The normalized spacial score (nSPS) is 17.5. The third-order valence-corrected chi connectivity index (χ3v) is 6.01. The molecule has 148 valence electrons. The molecule has 0 aliphatic carbocycles. The zero-order chi connectivity index (χ0) is 20.3. The van der Waals surface area contributed by atoms with Crippen molar-refractivity contribution in [3.05, 3.63) is 46.5 Å². The van der Waals surface area contributed by atoms with E-state index < -0.39 is 5.92 Å². The fraction of sp³-hybridized carbons (Fsp3) is 0.400. The molecule has 1 aliphatic rings. The Hall–Kier alpha value is -2.74. The first-order valence-corrected chi connectivity index (χ1v) is 9.89. The second-order valence-corrected chi connectivity index (χ2v) is 7.89. The minimum absolute atomic E-state index is 0.0294. The van der Waals surface area contributed by atoms with Crippen LogP contribution in [0.1, 0.15) is 35.5 Å². The number of rotatable bonds is 6. The molecule has 1 fully saturated rings. The Labute approximate surface area is 167 Å². The van der Waals surface area contributed by atoms with Gasteiger partial charge in [-0.15, -0.1) is 11.3 Å². The van der Waals surface area contributed by atoms with E-state index in [1.807, 2.05) is 37.3 Å². The lowest BCUT2D eigenvalue weighted by atomic mass is 10.1. The van der Waals surface area contributed by atoms with Crippen molar-refractivity contribution < 1.29 is 19.1 Å². The van der Waals surface area contributed by atoms with Crippen molar-refractivity contribution >= 4 is 34.3 Å². The van der Waals surface area contributed by atoms with E-state index in [0.29, 0.717) is 17.4 Å². The maximum atomic E-state index is 12.6. The Morgan fingerprint density at radius 1 is 1.36 bits per heavy atom. The van der Waals surface area contributed by atoms with Crippen molar-refractivity contribution in [2.45, 2.75) is 32.7 Å². The van der Waals surface area contributed by atoms with Crippen LogP contribution in [0.2, 0.25) is 0 Å². The van der Waals surface area contributed by atoms with Crippen molar-refractivity contribution in [1.82, 2.24) is 9.88 Å². The number of nitrogens with zero attached hydrogens (tertiary/aromatic N) is 2. The smallest absolute Gasteiger partial charge is 0.310 e. The van der Waals surface area contributed by atoms with Gasteiger partial charge in [0.05, 0.1) is 31.2 Å². The lowest BCUT2D eigenvalue weighted by Gasteiger charge is -2.25. The second kappa shape index (κ2) is 8.52. The van der Waals surface area contributed by atoms with Crippen LogP contribution >= 0.6 is 11.3 Å². The van der Waals surface area contributed by atoms with Crippen LogP contribution < -0.4 is 5.32 Å². The summed E-state index contributed by atoms with van der Waals surface area (Å²) in [5.74, 6) is -1.03. The van der Waals surface area contributed by atoms with Crippen LogP contribution in [0.4, 0.5) is 5.13 Å². The van der Waals surface area contributed by atoms with Gasteiger partial charge >= 0.3 is 5.97 Å². The van der Waals surface area contributed by atoms with E-state index in [1.165, 1.54) is 18.4 Å². The fourth-order valence-corrected chi connectivity index (χ4v) is 4.20. The molecule has 2 atom stereocenters. The van der Waals surface area contributed by atoms with E-state index in [0.717, 1.165) is 10.4 Å². The Kier molecular flexibility index (Phi) is 6.08. The summed E-state index contributed by atoms with van der Waals surface area (Å²) < 4.78 is 4.67. The average molecular weight is 401 g/mol. The van der Waals surface area contributed by atoms with Crippen molar-refractivity contribution in [3.8, 4) is 0 Å². The highest BCUT2D eigenvalue weighted by Gasteiger charge is 2.37. The van der Waals surface area contributed by atoms with Crippen LogP contribution in [-0.4, -0.2) is 41.3 Å². The molecule has 2 amide bonds. The topological polar surface area (TPSA) is 88.6 Å². The van der Waals surface area contributed by atoms with Gasteiger partial charge in [-0.25, -0.2) is 4.98 Å². The number of nitrogens with one attached hydrogen (secondary N) is 1. The number of hydrogen-bond acceptors (Lipinski definition) is 6. The molecule has 0 saturated carbocycles. The van der Waals surface area contributed by atoms with Gasteiger partial charge in [-0.1, -0.05) is 30.3 Å². The third-order valence-electron chi connectivity index (χ3n) is 4.93. The van der Waals surface area contributed by atoms with Crippen LogP contribution in [0.5, 0.6) is 0 Å². The molecular weight excluding hydrogens is 378 g/mol. The number of aromatic nitrogens is 1. The molecule has 2 aromatic rings. The van der Waals surface area contributed by atoms with Gasteiger partial charge in [0, 0.05) is 17.8 Å². The van der Waals surface area contributed by atoms with Crippen molar-refractivity contribution in [2.75, 3.05) is 19.0 Å². The summed E-state index contributed by atoms with van der Waals surface area (Å²) in [5.41, 5.74) is 1.73. The minimum Gasteiger partial charge on any atom is -0.469 e. The maximum absolute atomic E-state index is 12.6. The number of anilines is 1. The maximum Gasteiger partial charge on any atom is 0.310 e. The molecule has 7 nitrogen and oxygen atoms in total. The number of aryl methyl sites for hydroxylation is 1. The highest BCUT2D eigenvalue weighted by atomic mass is 32.1. The largest absolute Gasteiger partial charge is 0.469 e. The summed E-state index contributed by atoms with van der Waals surface area (Å²) in [7, 11) is 1.33. The minimum atomic E-state index is -0.424. The third kappa shape index (κ3) is 4.39. The second-order valence-electron chi connectivity index (χ2n) is 6.80. The van der Waals surface area contributed by atoms with Crippen LogP contribution in [0.15, 0.2) is 30.3 Å². The summed E-state index contributed by atoms with van der Waals surface area (Å²) >= 11 is 1.25. The molecule has 1 aromatic heterocycles. The van der Waals surface area contributed by atoms with E-state index in [2.05, 4.69) is 15.0 Å². The van der Waals surface area contributed by atoms with Gasteiger partial charge < -0.3 is 15.0 Å². The Morgan fingerprint density at radius 3 is 2.75 bits per heavy atom. The molecular formula is C20H23N3O4S. The first-order chi connectivity index (χ1) is 13.4. The van der Waals surface area contributed by atoms with Crippen LogP contribution in [-0.2, 0) is 25.5 Å². The van der Waals surface area contributed by atoms with Crippen molar-refractivity contribution in [2.24, 2.45) is 5.92 Å². The van der Waals surface area contributed by atoms with Gasteiger partial charge in [0.1, 0.15) is 0 Å². The van der Waals surface area contributed by atoms with E-state index in [9.17, 15) is 14.4 Å². The molecule has 8 heteroatoms.